The second kappa shape index (κ2) is 8.99. The smallest absolute Gasteiger partial charge is 0.387 e. The normalized spacial score (nSPS) is 10.8. The van der Waals surface area contributed by atoms with Gasteiger partial charge in [-0.05, 0) is 45.8 Å². The number of hydrazine groups is 1. The lowest BCUT2D eigenvalue weighted by atomic mass is 10.2. The molecule has 0 spiro atoms. The Balaban J connectivity index is 1.93. The first kappa shape index (κ1) is 19.4. The second-order valence-electron chi connectivity index (χ2n) is 4.80. The Bertz CT molecular complexity index is 824. The molecule has 0 atom stereocenters. The summed E-state index contributed by atoms with van der Waals surface area (Å²) >= 11 is 3.19. The van der Waals surface area contributed by atoms with E-state index in [2.05, 4.69) is 36.5 Å². The van der Waals surface area contributed by atoms with Crippen molar-refractivity contribution in [3.05, 3.63) is 52.3 Å². The molecule has 3 N–H and O–H groups in total. The number of alkyl halides is 2. The first-order chi connectivity index (χ1) is 12.4. The lowest BCUT2D eigenvalue weighted by Gasteiger charge is -2.10. The molecule has 138 valence electrons. The van der Waals surface area contributed by atoms with E-state index >= 15 is 0 Å². The first-order valence-corrected chi connectivity index (χ1v) is 7.93. The number of H-pyrrole nitrogens is 1. The van der Waals surface area contributed by atoms with Crippen LogP contribution in [0.15, 0.2) is 41.0 Å². The summed E-state index contributed by atoms with van der Waals surface area (Å²) in [5.41, 5.74) is 5.22. The van der Waals surface area contributed by atoms with Crippen LogP contribution in [0.2, 0.25) is 0 Å². The van der Waals surface area contributed by atoms with Crippen LogP contribution >= 0.6 is 15.9 Å². The van der Waals surface area contributed by atoms with Crippen LogP contribution in [0.3, 0.4) is 0 Å². The van der Waals surface area contributed by atoms with E-state index in [-0.39, 0.29) is 17.2 Å². The Morgan fingerprint density at radius 1 is 1.23 bits per heavy atom. The average Bonchev–Trinajstić information content (AvgIpc) is 3.04. The highest BCUT2D eigenvalue weighted by Crippen LogP contribution is 2.29. The molecule has 2 aromatic rings. The van der Waals surface area contributed by atoms with Crippen LogP contribution in [0.4, 0.5) is 8.78 Å². The Morgan fingerprint density at radius 3 is 2.62 bits per heavy atom. The molecule has 7 nitrogen and oxygen atoms in total. The van der Waals surface area contributed by atoms with Crippen molar-refractivity contribution < 1.29 is 27.8 Å². The van der Waals surface area contributed by atoms with Gasteiger partial charge in [0, 0.05) is 16.7 Å². The molecule has 0 saturated carbocycles. The number of aromatic nitrogens is 1. The summed E-state index contributed by atoms with van der Waals surface area (Å²) < 4.78 is 34.5. The molecule has 0 bridgehead atoms. The highest BCUT2D eigenvalue weighted by Gasteiger charge is 2.11. The highest BCUT2D eigenvalue weighted by molar-refractivity contribution is 9.10. The number of benzene rings is 1. The molecular formula is C16H14BrF2N3O4. The third-order valence-corrected chi connectivity index (χ3v) is 3.48. The van der Waals surface area contributed by atoms with Crippen LogP contribution in [-0.2, 0) is 4.79 Å². The summed E-state index contributed by atoms with van der Waals surface area (Å²) in [5, 5.41) is 0. The molecule has 1 aromatic heterocycles. The van der Waals surface area contributed by atoms with Crippen LogP contribution in [0.5, 0.6) is 11.5 Å². The van der Waals surface area contributed by atoms with Crippen LogP contribution in [0, 0.1) is 0 Å². The molecule has 0 aliphatic heterocycles. The number of rotatable bonds is 6. The molecular weight excluding hydrogens is 416 g/mol. The number of ether oxygens (including phenoxy) is 2. The number of hydrogen-bond donors (Lipinski definition) is 3. The maximum atomic E-state index is 12.3. The van der Waals surface area contributed by atoms with Gasteiger partial charge in [0.1, 0.15) is 5.69 Å². The van der Waals surface area contributed by atoms with Crippen molar-refractivity contribution in [3.63, 3.8) is 0 Å². The third kappa shape index (κ3) is 5.59. The van der Waals surface area contributed by atoms with Crippen LogP contribution in [0.1, 0.15) is 16.1 Å². The number of nitrogens with one attached hydrogen (secondary N) is 3. The van der Waals surface area contributed by atoms with Crippen LogP contribution in [0.25, 0.3) is 6.08 Å². The summed E-state index contributed by atoms with van der Waals surface area (Å²) in [6.07, 6.45) is 4.15. The molecule has 0 aliphatic rings. The van der Waals surface area contributed by atoms with Gasteiger partial charge in [-0.1, -0.05) is 6.07 Å². The molecule has 1 aromatic carbocycles. The predicted molar refractivity (Wildman–Crippen MR) is 92.8 cm³/mol. The number of carbonyl (C=O) groups is 2. The maximum Gasteiger partial charge on any atom is 0.387 e. The largest absolute Gasteiger partial charge is 0.493 e. The zero-order valence-electron chi connectivity index (χ0n) is 13.4. The summed E-state index contributed by atoms with van der Waals surface area (Å²) in [6.45, 7) is -2.97. The monoisotopic (exact) mass is 429 g/mol. The standard InChI is InChI=1S/C16H14BrF2N3O4/c1-25-13-6-9(2-4-12(13)26-16(18)19)3-5-14(23)21-22-15(24)11-7-10(17)8-20-11/h2-8,16,20H,1H3,(H,21,23)(H,22,24)/b5-3-. The van der Waals surface area contributed by atoms with Crippen molar-refractivity contribution in [2.24, 2.45) is 0 Å². The number of amides is 2. The average molecular weight is 430 g/mol. The minimum absolute atomic E-state index is 0.0958. The van der Waals surface area contributed by atoms with Gasteiger partial charge in [-0.25, -0.2) is 0 Å². The Hall–Kier alpha value is -2.88. The van der Waals surface area contributed by atoms with Gasteiger partial charge in [0.15, 0.2) is 11.5 Å². The molecule has 10 heteroatoms. The van der Waals surface area contributed by atoms with Crippen molar-refractivity contribution in [1.29, 1.82) is 0 Å². The Kier molecular flexibility index (Phi) is 6.73. The van der Waals surface area contributed by atoms with E-state index in [1.54, 1.807) is 12.3 Å². The van der Waals surface area contributed by atoms with Gasteiger partial charge in [0.2, 0.25) is 0 Å². The summed E-state index contributed by atoms with van der Waals surface area (Å²) in [6, 6.07) is 5.75. The minimum Gasteiger partial charge on any atom is -0.493 e. The molecule has 26 heavy (non-hydrogen) atoms. The molecule has 0 aliphatic carbocycles. The lowest BCUT2D eigenvalue weighted by Crippen LogP contribution is -2.40. The van der Waals surface area contributed by atoms with Crippen molar-refractivity contribution in [3.8, 4) is 11.5 Å². The van der Waals surface area contributed by atoms with Gasteiger partial charge in [0.25, 0.3) is 11.8 Å². The van der Waals surface area contributed by atoms with Gasteiger partial charge in [-0.2, -0.15) is 8.78 Å². The molecule has 2 rings (SSSR count). The Morgan fingerprint density at radius 2 is 2.00 bits per heavy atom. The summed E-state index contributed by atoms with van der Waals surface area (Å²) in [7, 11) is 1.31. The lowest BCUT2D eigenvalue weighted by molar-refractivity contribution is -0.117. The van der Waals surface area contributed by atoms with Gasteiger partial charge in [0.05, 0.1) is 7.11 Å². The van der Waals surface area contributed by atoms with E-state index in [1.165, 1.54) is 31.4 Å². The van der Waals surface area contributed by atoms with Gasteiger partial charge in [-0.3, -0.25) is 20.4 Å². The fourth-order valence-electron chi connectivity index (χ4n) is 1.88. The van der Waals surface area contributed by atoms with Crippen LogP contribution < -0.4 is 20.3 Å². The highest BCUT2D eigenvalue weighted by atomic mass is 79.9. The van der Waals surface area contributed by atoms with E-state index in [9.17, 15) is 18.4 Å². The molecule has 1 heterocycles. The number of halogens is 3. The maximum absolute atomic E-state index is 12.3. The minimum atomic E-state index is -2.97. The SMILES string of the molecule is COc1cc(/C=C\C(=O)NNC(=O)c2cc(Br)c[nH]2)ccc1OC(F)F. The number of carbonyl (C=O) groups excluding carboxylic acids is 2. The van der Waals surface area contributed by atoms with E-state index in [4.69, 9.17) is 4.74 Å². The first-order valence-electron chi connectivity index (χ1n) is 7.14. The van der Waals surface area contributed by atoms with Crippen molar-refractivity contribution in [2.45, 2.75) is 6.61 Å². The molecule has 0 fully saturated rings. The predicted octanol–water partition coefficient (Wildman–Crippen LogP) is 2.86. The van der Waals surface area contributed by atoms with Crippen molar-refractivity contribution in [2.75, 3.05) is 7.11 Å². The summed E-state index contributed by atoms with van der Waals surface area (Å²) in [5.74, 6) is -1.13. The number of aromatic amines is 1. The van der Waals surface area contributed by atoms with E-state index in [0.717, 1.165) is 6.08 Å². The van der Waals surface area contributed by atoms with Crippen LogP contribution in [-0.4, -0.2) is 30.5 Å². The third-order valence-electron chi connectivity index (χ3n) is 3.02. The Labute approximate surface area is 155 Å². The molecule has 0 saturated heterocycles. The van der Waals surface area contributed by atoms with E-state index in [0.29, 0.717) is 10.0 Å². The van der Waals surface area contributed by atoms with Gasteiger partial charge >= 0.3 is 6.61 Å². The zero-order valence-corrected chi connectivity index (χ0v) is 15.0. The van der Waals surface area contributed by atoms with Gasteiger partial charge in [-0.15, -0.1) is 0 Å². The van der Waals surface area contributed by atoms with Crippen molar-refractivity contribution >= 4 is 33.8 Å². The molecule has 2 amide bonds. The fourth-order valence-corrected chi connectivity index (χ4v) is 2.22. The molecule has 0 unspecified atom stereocenters. The van der Waals surface area contributed by atoms with Crippen molar-refractivity contribution in [1.82, 2.24) is 15.8 Å². The second-order valence-corrected chi connectivity index (χ2v) is 5.71. The van der Waals surface area contributed by atoms with E-state index in [1.807, 2.05) is 0 Å². The topological polar surface area (TPSA) is 92.5 Å². The van der Waals surface area contributed by atoms with Gasteiger partial charge < -0.3 is 14.5 Å². The van der Waals surface area contributed by atoms with E-state index < -0.39 is 18.4 Å². The zero-order chi connectivity index (χ0) is 19.1. The number of methoxy groups -OCH3 is 1. The fraction of sp³-hybridized carbons (Fsp3) is 0.125. The number of hydrogen-bond acceptors (Lipinski definition) is 4. The quantitative estimate of drug-likeness (QED) is 0.486. The summed E-state index contributed by atoms with van der Waals surface area (Å²) in [4.78, 5) is 26.2. The molecule has 0 radical (unpaired) electrons.